The molecule has 2 aromatic carbocycles. The summed E-state index contributed by atoms with van der Waals surface area (Å²) in [6.45, 7) is 0.763. The molecule has 0 atom stereocenters. The number of carbonyl (C=O) groups excluding carboxylic acids is 2. The van der Waals surface area contributed by atoms with Crippen LogP contribution in [-0.2, 0) is 31.9 Å². The van der Waals surface area contributed by atoms with Gasteiger partial charge in [0.2, 0.25) is 0 Å². The fraction of sp³-hybridized carbons (Fsp3) is 0.429. The zero-order valence-electron chi connectivity index (χ0n) is 19.0. The van der Waals surface area contributed by atoms with Gasteiger partial charge in [0.15, 0.2) is 0 Å². The summed E-state index contributed by atoms with van der Waals surface area (Å²) in [6, 6.07) is 20.9. The van der Waals surface area contributed by atoms with Gasteiger partial charge in [0.05, 0.1) is 13.2 Å². The van der Waals surface area contributed by atoms with Crippen molar-refractivity contribution in [2.75, 3.05) is 13.2 Å². The standard InChI is InChI=1S/C28H36O4/c29-27(31-23-13-3-1-7-15-25-17-9-5-10-18-25)21-22-28(30)32-24-14-4-2-8-16-26-19-11-6-12-20-26/h5-6,9-12,17-22H,1-4,7-8,13-16,23-24H2. The number of rotatable bonds is 16. The highest BCUT2D eigenvalue weighted by atomic mass is 16.5. The Kier molecular flexibility index (Phi) is 13.3. The van der Waals surface area contributed by atoms with Gasteiger partial charge < -0.3 is 9.47 Å². The second kappa shape index (κ2) is 16.8. The fourth-order valence-electron chi connectivity index (χ4n) is 3.44. The topological polar surface area (TPSA) is 52.6 Å². The first kappa shape index (κ1) is 25.4. The van der Waals surface area contributed by atoms with Gasteiger partial charge in [0, 0.05) is 12.2 Å². The SMILES string of the molecule is O=C(C=CC(=O)OCCCCCCc1ccccc1)OCCCCCCc1ccccc1. The van der Waals surface area contributed by atoms with Gasteiger partial charge in [0.25, 0.3) is 0 Å². The molecule has 2 rings (SSSR count). The third-order valence-corrected chi connectivity index (χ3v) is 5.25. The molecule has 0 bridgehead atoms. The maximum atomic E-state index is 11.7. The molecule has 0 spiro atoms. The predicted molar refractivity (Wildman–Crippen MR) is 128 cm³/mol. The number of hydrogen-bond acceptors (Lipinski definition) is 4. The fourth-order valence-corrected chi connectivity index (χ4v) is 3.44. The number of hydrogen-bond donors (Lipinski definition) is 0. The molecular weight excluding hydrogens is 400 g/mol. The number of benzene rings is 2. The van der Waals surface area contributed by atoms with Crippen LogP contribution < -0.4 is 0 Å². The average Bonchev–Trinajstić information content (AvgIpc) is 2.83. The van der Waals surface area contributed by atoms with Crippen molar-refractivity contribution in [3.05, 3.63) is 83.9 Å². The smallest absolute Gasteiger partial charge is 0.331 e. The Morgan fingerprint density at radius 2 is 0.906 bits per heavy atom. The van der Waals surface area contributed by atoms with Crippen LogP contribution in [0.2, 0.25) is 0 Å². The molecule has 0 N–H and O–H groups in total. The number of carbonyl (C=O) groups is 2. The lowest BCUT2D eigenvalue weighted by molar-refractivity contribution is -0.140. The van der Waals surface area contributed by atoms with E-state index in [4.69, 9.17) is 9.47 Å². The highest BCUT2D eigenvalue weighted by Gasteiger charge is 2.02. The quantitative estimate of drug-likeness (QED) is 0.178. The summed E-state index contributed by atoms with van der Waals surface area (Å²) < 4.78 is 10.3. The highest BCUT2D eigenvalue weighted by Crippen LogP contribution is 2.09. The van der Waals surface area contributed by atoms with Gasteiger partial charge >= 0.3 is 11.9 Å². The van der Waals surface area contributed by atoms with Crippen LogP contribution >= 0.6 is 0 Å². The molecule has 172 valence electrons. The summed E-state index contributed by atoms with van der Waals surface area (Å²) >= 11 is 0. The number of aryl methyl sites for hydroxylation is 2. The minimum Gasteiger partial charge on any atom is -0.463 e. The molecule has 0 aromatic heterocycles. The monoisotopic (exact) mass is 436 g/mol. The molecule has 0 aliphatic heterocycles. The Morgan fingerprint density at radius 3 is 1.31 bits per heavy atom. The molecule has 0 aliphatic carbocycles. The van der Waals surface area contributed by atoms with Crippen molar-refractivity contribution in [3.63, 3.8) is 0 Å². The van der Waals surface area contributed by atoms with Gasteiger partial charge in [-0.3, -0.25) is 0 Å². The normalized spacial score (nSPS) is 10.9. The first-order chi connectivity index (χ1) is 15.7. The molecule has 32 heavy (non-hydrogen) atoms. The summed E-state index contributed by atoms with van der Waals surface area (Å²) in [5.41, 5.74) is 2.72. The summed E-state index contributed by atoms with van der Waals surface area (Å²) in [5, 5.41) is 0. The van der Waals surface area contributed by atoms with Crippen LogP contribution in [0, 0.1) is 0 Å². The van der Waals surface area contributed by atoms with Crippen molar-refractivity contribution in [3.8, 4) is 0 Å². The van der Waals surface area contributed by atoms with E-state index < -0.39 is 11.9 Å². The van der Waals surface area contributed by atoms with E-state index in [-0.39, 0.29) is 0 Å². The first-order valence-electron chi connectivity index (χ1n) is 11.8. The number of unbranched alkanes of at least 4 members (excludes halogenated alkanes) is 6. The van der Waals surface area contributed by atoms with E-state index >= 15 is 0 Å². The van der Waals surface area contributed by atoms with Gasteiger partial charge in [-0.05, 0) is 49.7 Å². The van der Waals surface area contributed by atoms with Gasteiger partial charge in [-0.25, -0.2) is 9.59 Å². The predicted octanol–water partition coefficient (Wildman–Crippen LogP) is 6.24. The molecule has 0 amide bonds. The molecule has 0 saturated heterocycles. The lowest BCUT2D eigenvalue weighted by Crippen LogP contribution is -2.06. The molecule has 4 nitrogen and oxygen atoms in total. The first-order valence-corrected chi connectivity index (χ1v) is 11.8. The Hall–Kier alpha value is -2.88. The molecule has 0 radical (unpaired) electrons. The maximum absolute atomic E-state index is 11.7. The molecule has 4 heteroatoms. The van der Waals surface area contributed by atoms with Crippen LogP contribution in [0.15, 0.2) is 72.8 Å². The minimum atomic E-state index is -0.493. The summed E-state index contributed by atoms with van der Waals surface area (Å²) in [4.78, 5) is 23.3. The van der Waals surface area contributed by atoms with E-state index in [1.54, 1.807) is 0 Å². The van der Waals surface area contributed by atoms with E-state index in [0.717, 1.165) is 76.4 Å². The largest absolute Gasteiger partial charge is 0.463 e. The van der Waals surface area contributed by atoms with Crippen LogP contribution in [-0.4, -0.2) is 25.2 Å². The lowest BCUT2D eigenvalue weighted by atomic mass is 10.1. The molecule has 0 unspecified atom stereocenters. The maximum Gasteiger partial charge on any atom is 0.331 e. The third kappa shape index (κ3) is 12.7. The van der Waals surface area contributed by atoms with Crippen molar-refractivity contribution in [2.24, 2.45) is 0 Å². The van der Waals surface area contributed by atoms with Crippen molar-refractivity contribution in [2.45, 2.75) is 64.2 Å². The number of ether oxygens (including phenoxy) is 2. The van der Waals surface area contributed by atoms with E-state index in [1.807, 2.05) is 12.1 Å². The van der Waals surface area contributed by atoms with Gasteiger partial charge in [-0.1, -0.05) is 86.3 Å². The molecule has 0 fully saturated rings. The average molecular weight is 437 g/mol. The van der Waals surface area contributed by atoms with E-state index in [9.17, 15) is 9.59 Å². The Morgan fingerprint density at radius 1 is 0.531 bits per heavy atom. The second-order valence-corrected chi connectivity index (χ2v) is 7.97. The van der Waals surface area contributed by atoms with Crippen LogP contribution in [0.4, 0.5) is 0 Å². The third-order valence-electron chi connectivity index (χ3n) is 5.25. The summed E-state index contributed by atoms with van der Waals surface area (Å²) in [5.74, 6) is -0.987. The van der Waals surface area contributed by atoms with Crippen LogP contribution in [0.5, 0.6) is 0 Å². The van der Waals surface area contributed by atoms with Crippen molar-refractivity contribution in [1.29, 1.82) is 0 Å². The van der Waals surface area contributed by atoms with Crippen molar-refractivity contribution in [1.82, 2.24) is 0 Å². The zero-order chi connectivity index (χ0) is 22.7. The summed E-state index contributed by atoms with van der Waals surface area (Å²) in [7, 11) is 0. The van der Waals surface area contributed by atoms with E-state index in [2.05, 4.69) is 48.5 Å². The molecule has 0 saturated carbocycles. The highest BCUT2D eigenvalue weighted by molar-refractivity contribution is 5.91. The number of esters is 2. The molecular formula is C28H36O4. The van der Waals surface area contributed by atoms with Crippen LogP contribution in [0.3, 0.4) is 0 Å². The second-order valence-electron chi connectivity index (χ2n) is 7.97. The molecule has 0 aliphatic rings. The zero-order valence-corrected chi connectivity index (χ0v) is 19.0. The van der Waals surface area contributed by atoms with Crippen molar-refractivity contribution >= 4 is 11.9 Å². The Bertz CT molecular complexity index is 716. The lowest BCUT2D eigenvalue weighted by Gasteiger charge is -2.04. The van der Waals surface area contributed by atoms with Crippen LogP contribution in [0.25, 0.3) is 0 Å². The summed E-state index contributed by atoms with van der Waals surface area (Å²) in [6.07, 6.45) is 12.7. The minimum absolute atomic E-state index is 0.381. The molecule has 0 heterocycles. The van der Waals surface area contributed by atoms with Crippen molar-refractivity contribution < 1.29 is 19.1 Å². The van der Waals surface area contributed by atoms with Gasteiger partial charge in [-0.15, -0.1) is 0 Å². The van der Waals surface area contributed by atoms with E-state index in [1.165, 1.54) is 11.1 Å². The van der Waals surface area contributed by atoms with E-state index in [0.29, 0.717) is 13.2 Å². The van der Waals surface area contributed by atoms with Gasteiger partial charge in [0.1, 0.15) is 0 Å². The Balaban J connectivity index is 1.39. The Labute approximate surface area is 192 Å². The van der Waals surface area contributed by atoms with Crippen LogP contribution in [0.1, 0.15) is 62.5 Å². The molecule has 2 aromatic rings. The van der Waals surface area contributed by atoms with Gasteiger partial charge in [-0.2, -0.15) is 0 Å².